The Hall–Kier alpha value is -3.51. The molecule has 0 atom stereocenters. The van der Waals surface area contributed by atoms with Crippen LogP contribution in [0.3, 0.4) is 0 Å². The van der Waals surface area contributed by atoms with Gasteiger partial charge in [-0.1, -0.05) is 30.3 Å². The molecule has 0 bridgehead atoms. The van der Waals surface area contributed by atoms with Crippen LogP contribution >= 0.6 is 0 Å². The molecule has 6 heteroatoms. The molecule has 4 aromatic rings. The predicted molar refractivity (Wildman–Crippen MR) is 118 cm³/mol. The van der Waals surface area contributed by atoms with Gasteiger partial charge in [0.1, 0.15) is 5.52 Å². The first-order valence-corrected chi connectivity index (χ1v) is 9.87. The highest BCUT2D eigenvalue weighted by Gasteiger charge is 2.11. The molecule has 0 spiro atoms. The molecule has 0 amide bonds. The minimum Gasteiger partial charge on any atom is -0.369 e. The van der Waals surface area contributed by atoms with E-state index in [-0.39, 0.29) is 0 Å². The maximum Gasteiger partial charge on any atom is 0.227 e. The largest absolute Gasteiger partial charge is 0.369 e. The topological polar surface area (TPSA) is 66.0 Å². The zero-order valence-electron chi connectivity index (χ0n) is 16.0. The fourth-order valence-corrected chi connectivity index (χ4v) is 3.63. The second kappa shape index (κ2) is 7.85. The van der Waals surface area contributed by atoms with Crippen molar-refractivity contribution in [3.63, 3.8) is 0 Å². The first-order valence-electron chi connectivity index (χ1n) is 9.87. The van der Waals surface area contributed by atoms with Gasteiger partial charge in [-0.25, -0.2) is 9.97 Å². The first-order chi connectivity index (χ1) is 14.4. The highest BCUT2D eigenvalue weighted by Crippen LogP contribution is 2.26. The molecule has 29 heavy (non-hydrogen) atoms. The van der Waals surface area contributed by atoms with Crippen molar-refractivity contribution in [3.05, 3.63) is 73.1 Å². The number of pyridine rings is 1. The summed E-state index contributed by atoms with van der Waals surface area (Å²) in [5, 5.41) is 7.68. The summed E-state index contributed by atoms with van der Waals surface area (Å²) in [6, 6.07) is 20.5. The van der Waals surface area contributed by atoms with E-state index in [1.807, 2.05) is 42.6 Å². The molecule has 0 radical (unpaired) electrons. The second-order valence-electron chi connectivity index (χ2n) is 7.07. The quantitative estimate of drug-likeness (QED) is 0.559. The summed E-state index contributed by atoms with van der Waals surface area (Å²) < 4.78 is 0. The van der Waals surface area contributed by atoms with Crippen LogP contribution in [-0.4, -0.2) is 41.1 Å². The fourth-order valence-electron chi connectivity index (χ4n) is 3.63. The molecule has 2 N–H and O–H groups in total. The number of fused-ring (bicyclic) bond motifs is 1. The van der Waals surface area contributed by atoms with Gasteiger partial charge < -0.3 is 15.5 Å². The Balaban J connectivity index is 1.42. The molecule has 0 unspecified atom stereocenters. The van der Waals surface area contributed by atoms with Crippen LogP contribution in [-0.2, 0) is 0 Å². The van der Waals surface area contributed by atoms with Crippen molar-refractivity contribution in [1.82, 2.24) is 20.3 Å². The molecule has 1 aliphatic heterocycles. The average molecular weight is 382 g/mol. The fraction of sp³-hybridized carbons (Fsp3) is 0.174. The van der Waals surface area contributed by atoms with Crippen molar-refractivity contribution in [2.45, 2.75) is 0 Å². The van der Waals surface area contributed by atoms with Gasteiger partial charge in [-0.05, 0) is 30.3 Å². The van der Waals surface area contributed by atoms with E-state index in [0.29, 0.717) is 5.95 Å². The van der Waals surface area contributed by atoms with E-state index in [1.165, 1.54) is 5.69 Å². The van der Waals surface area contributed by atoms with Crippen molar-refractivity contribution < 1.29 is 0 Å². The van der Waals surface area contributed by atoms with Crippen LogP contribution in [0.4, 0.5) is 17.3 Å². The number of nitrogens with zero attached hydrogens (tertiary/aromatic N) is 4. The van der Waals surface area contributed by atoms with Crippen LogP contribution in [0.15, 0.2) is 73.1 Å². The zero-order valence-corrected chi connectivity index (χ0v) is 16.0. The van der Waals surface area contributed by atoms with Crippen LogP contribution < -0.4 is 15.5 Å². The Bertz CT molecular complexity index is 1110. The number of rotatable bonds is 4. The predicted octanol–water partition coefficient (Wildman–Crippen LogP) is 3.85. The van der Waals surface area contributed by atoms with Gasteiger partial charge in [0, 0.05) is 60.9 Å². The first kappa shape index (κ1) is 17.6. The number of nitrogens with one attached hydrogen (secondary N) is 2. The summed E-state index contributed by atoms with van der Waals surface area (Å²) in [5.74, 6) is 0.567. The van der Waals surface area contributed by atoms with Gasteiger partial charge in [0.05, 0.1) is 5.69 Å². The Morgan fingerprint density at radius 2 is 1.66 bits per heavy atom. The summed E-state index contributed by atoms with van der Waals surface area (Å²) in [7, 11) is 0. The van der Waals surface area contributed by atoms with E-state index in [1.54, 1.807) is 6.20 Å². The normalized spacial score (nSPS) is 14.1. The van der Waals surface area contributed by atoms with Gasteiger partial charge in [0.15, 0.2) is 0 Å². The smallest absolute Gasteiger partial charge is 0.227 e. The summed E-state index contributed by atoms with van der Waals surface area (Å²) >= 11 is 0. The molecule has 1 aliphatic rings. The maximum atomic E-state index is 4.76. The van der Waals surface area contributed by atoms with Crippen LogP contribution in [0, 0.1) is 0 Å². The summed E-state index contributed by atoms with van der Waals surface area (Å²) in [4.78, 5) is 16.2. The lowest BCUT2D eigenvalue weighted by molar-refractivity contribution is 0.589. The van der Waals surface area contributed by atoms with E-state index in [9.17, 15) is 0 Å². The molecule has 2 aromatic heterocycles. The van der Waals surface area contributed by atoms with Crippen LogP contribution in [0.5, 0.6) is 0 Å². The van der Waals surface area contributed by atoms with E-state index in [0.717, 1.165) is 54.0 Å². The third kappa shape index (κ3) is 3.75. The molecule has 3 heterocycles. The lowest BCUT2D eigenvalue weighted by atomic mass is 10.1. The average Bonchev–Trinajstić information content (AvgIpc) is 2.80. The number of benzene rings is 2. The Morgan fingerprint density at radius 1 is 0.862 bits per heavy atom. The monoisotopic (exact) mass is 382 g/mol. The molecule has 1 saturated heterocycles. The molecule has 144 valence electrons. The number of aromatic nitrogens is 3. The van der Waals surface area contributed by atoms with Crippen LogP contribution in [0.1, 0.15) is 0 Å². The van der Waals surface area contributed by atoms with Crippen molar-refractivity contribution in [1.29, 1.82) is 0 Å². The molecule has 1 fully saturated rings. The van der Waals surface area contributed by atoms with Crippen molar-refractivity contribution in [3.8, 4) is 11.3 Å². The number of hydrogen-bond acceptors (Lipinski definition) is 6. The van der Waals surface area contributed by atoms with E-state index < -0.39 is 0 Å². The van der Waals surface area contributed by atoms with Gasteiger partial charge in [-0.2, -0.15) is 0 Å². The van der Waals surface area contributed by atoms with Crippen LogP contribution in [0.25, 0.3) is 22.2 Å². The van der Waals surface area contributed by atoms with Crippen LogP contribution in [0.2, 0.25) is 0 Å². The molecule has 0 aliphatic carbocycles. The minimum atomic E-state index is 0.567. The molecular formula is C23H22N6. The SMILES string of the molecule is c1ccc(-c2nccc3cnc(Nc4ccc(N5CCNCC5)cc4)nc23)cc1. The third-order valence-corrected chi connectivity index (χ3v) is 5.15. The van der Waals surface area contributed by atoms with Gasteiger partial charge in [0.2, 0.25) is 5.95 Å². The van der Waals surface area contributed by atoms with E-state index in [4.69, 9.17) is 4.98 Å². The number of piperazine rings is 1. The number of hydrogen-bond donors (Lipinski definition) is 2. The Kier molecular flexibility index (Phi) is 4.76. The standard InChI is InChI=1S/C23H22N6/c1-2-4-17(5-3-1)21-22-18(10-11-25-21)16-26-23(28-22)27-19-6-8-20(9-7-19)29-14-12-24-13-15-29/h1-11,16,24H,12-15H2,(H,26,27,28). The Morgan fingerprint density at radius 3 is 2.45 bits per heavy atom. The molecule has 5 rings (SSSR count). The second-order valence-corrected chi connectivity index (χ2v) is 7.07. The molecule has 6 nitrogen and oxygen atoms in total. The van der Waals surface area contributed by atoms with Gasteiger partial charge in [-0.15, -0.1) is 0 Å². The van der Waals surface area contributed by atoms with Gasteiger partial charge >= 0.3 is 0 Å². The van der Waals surface area contributed by atoms with Gasteiger partial charge in [-0.3, -0.25) is 4.98 Å². The minimum absolute atomic E-state index is 0.567. The van der Waals surface area contributed by atoms with Gasteiger partial charge in [0.25, 0.3) is 0 Å². The van der Waals surface area contributed by atoms with E-state index >= 15 is 0 Å². The molecule has 0 saturated carbocycles. The zero-order chi connectivity index (χ0) is 19.5. The number of anilines is 3. The highest BCUT2D eigenvalue weighted by molar-refractivity contribution is 5.91. The lowest BCUT2D eigenvalue weighted by Crippen LogP contribution is -2.43. The van der Waals surface area contributed by atoms with E-state index in [2.05, 4.69) is 49.8 Å². The Labute approximate surface area is 169 Å². The molecular weight excluding hydrogens is 360 g/mol. The lowest BCUT2D eigenvalue weighted by Gasteiger charge is -2.29. The summed E-state index contributed by atoms with van der Waals surface area (Å²) in [5.41, 5.74) is 4.96. The van der Waals surface area contributed by atoms with Crippen molar-refractivity contribution in [2.75, 3.05) is 36.4 Å². The van der Waals surface area contributed by atoms with Crippen molar-refractivity contribution in [2.24, 2.45) is 0 Å². The summed E-state index contributed by atoms with van der Waals surface area (Å²) in [6.07, 6.45) is 3.64. The summed E-state index contributed by atoms with van der Waals surface area (Å²) in [6.45, 7) is 4.14. The maximum absolute atomic E-state index is 4.76. The highest BCUT2D eigenvalue weighted by atomic mass is 15.2. The van der Waals surface area contributed by atoms with Crippen molar-refractivity contribution >= 4 is 28.2 Å². The third-order valence-electron chi connectivity index (χ3n) is 5.15. The molecule has 2 aromatic carbocycles.